The molecule has 84 valence electrons. The number of carbonyl (C=O) groups is 1. The van der Waals surface area contributed by atoms with Crippen LogP contribution in [-0.4, -0.2) is 22.2 Å². The van der Waals surface area contributed by atoms with E-state index in [1.807, 2.05) is 6.92 Å². The van der Waals surface area contributed by atoms with Gasteiger partial charge >= 0.3 is 0 Å². The summed E-state index contributed by atoms with van der Waals surface area (Å²) in [6, 6.07) is 0.0304. The number of carbonyl (C=O) groups excluding carboxylic acids is 1. The second kappa shape index (κ2) is 4.35. The first-order valence-electron chi connectivity index (χ1n) is 5.87. The van der Waals surface area contributed by atoms with Gasteiger partial charge in [-0.25, -0.2) is 5.06 Å². The van der Waals surface area contributed by atoms with Crippen molar-refractivity contribution in [2.45, 2.75) is 51.5 Å². The molecule has 2 rings (SSSR count). The molecule has 1 N–H and O–H groups in total. The van der Waals surface area contributed by atoms with Crippen LogP contribution >= 0.6 is 0 Å². The van der Waals surface area contributed by atoms with Crippen LogP contribution in [0.2, 0.25) is 0 Å². The van der Waals surface area contributed by atoms with Crippen LogP contribution in [0.5, 0.6) is 0 Å². The van der Waals surface area contributed by atoms with Gasteiger partial charge in [0.1, 0.15) is 0 Å². The van der Waals surface area contributed by atoms with E-state index < -0.39 is 0 Å². The zero-order valence-electron chi connectivity index (χ0n) is 9.28. The van der Waals surface area contributed by atoms with Gasteiger partial charge in [0.25, 0.3) is 5.91 Å². The van der Waals surface area contributed by atoms with Crippen LogP contribution in [0, 0.1) is 5.92 Å². The highest BCUT2D eigenvalue weighted by Gasteiger charge is 2.33. The Morgan fingerprint density at radius 2 is 2.00 bits per heavy atom. The summed E-state index contributed by atoms with van der Waals surface area (Å²) in [5, 5.41) is 10.7. The topological polar surface area (TPSA) is 40.5 Å². The lowest BCUT2D eigenvalue weighted by Crippen LogP contribution is -2.44. The summed E-state index contributed by atoms with van der Waals surface area (Å²) in [7, 11) is 0. The molecule has 0 radical (unpaired) electrons. The zero-order chi connectivity index (χ0) is 10.8. The minimum Gasteiger partial charge on any atom is -0.285 e. The molecule has 3 heteroatoms. The SMILES string of the molecule is CC1=CC(=O)N(O)[C@H](C2CCCCC2)C1. The molecule has 1 amide bonds. The summed E-state index contributed by atoms with van der Waals surface area (Å²) in [5.74, 6) is 0.255. The molecule has 2 aliphatic rings. The largest absolute Gasteiger partial charge is 0.285 e. The van der Waals surface area contributed by atoms with Crippen molar-refractivity contribution in [2.75, 3.05) is 0 Å². The number of hydroxylamine groups is 2. The third kappa shape index (κ3) is 2.23. The van der Waals surface area contributed by atoms with Crippen molar-refractivity contribution in [1.29, 1.82) is 0 Å². The zero-order valence-corrected chi connectivity index (χ0v) is 9.28. The molecule has 0 spiro atoms. The maximum atomic E-state index is 11.5. The summed E-state index contributed by atoms with van der Waals surface area (Å²) >= 11 is 0. The normalized spacial score (nSPS) is 29.2. The van der Waals surface area contributed by atoms with E-state index in [0.29, 0.717) is 5.92 Å². The molecule has 0 saturated heterocycles. The van der Waals surface area contributed by atoms with E-state index in [2.05, 4.69) is 0 Å². The lowest BCUT2D eigenvalue weighted by atomic mass is 9.80. The third-order valence-electron chi connectivity index (χ3n) is 3.63. The van der Waals surface area contributed by atoms with E-state index in [0.717, 1.165) is 29.9 Å². The molecule has 0 aromatic rings. The lowest BCUT2D eigenvalue weighted by Gasteiger charge is -2.37. The van der Waals surface area contributed by atoms with Gasteiger partial charge in [0, 0.05) is 6.08 Å². The molecule has 0 aromatic heterocycles. The summed E-state index contributed by atoms with van der Waals surface area (Å²) in [6.45, 7) is 1.97. The van der Waals surface area contributed by atoms with E-state index in [1.165, 1.54) is 19.3 Å². The van der Waals surface area contributed by atoms with Gasteiger partial charge in [-0.05, 0) is 32.1 Å². The Morgan fingerprint density at radius 1 is 1.33 bits per heavy atom. The van der Waals surface area contributed by atoms with Crippen molar-refractivity contribution in [2.24, 2.45) is 5.92 Å². The fraction of sp³-hybridized carbons (Fsp3) is 0.750. The monoisotopic (exact) mass is 209 g/mol. The predicted molar refractivity (Wildman–Crippen MR) is 57.4 cm³/mol. The summed E-state index contributed by atoms with van der Waals surface area (Å²) < 4.78 is 0. The Balaban J connectivity index is 2.07. The molecule has 1 heterocycles. The minimum atomic E-state index is -0.241. The van der Waals surface area contributed by atoms with Gasteiger partial charge in [0.2, 0.25) is 0 Å². The highest BCUT2D eigenvalue weighted by atomic mass is 16.5. The Hall–Kier alpha value is -0.830. The Bertz CT molecular complexity index is 279. The van der Waals surface area contributed by atoms with Gasteiger partial charge < -0.3 is 0 Å². The smallest absolute Gasteiger partial charge is 0.270 e. The first kappa shape index (κ1) is 10.7. The van der Waals surface area contributed by atoms with Crippen LogP contribution < -0.4 is 0 Å². The van der Waals surface area contributed by atoms with E-state index >= 15 is 0 Å². The van der Waals surface area contributed by atoms with Crippen LogP contribution in [0.1, 0.15) is 45.4 Å². The maximum Gasteiger partial charge on any atom is 0.270 e. The molecule has 15 heavy (non-hydrogen) atoms. The standard InChI is InChI=1S/C12H19NO2/c1-9-7-11(13(15)12(14)8-9)10-5-3-2-4-6-10/h8,10-11,15H,2-7H2,1H3/t11-/m0/s1. The average Bonchev–Trinajstić information content (AvgIpc) is 2.24. The van der Waals surface area contributed by atoms with Crippen LogP contribution in [-0.2, 0) is 4.79 Å². The fourth-order valence-electron chi connectivity index (χ4n) is 2.80. The van der Waals surface area contributed by atoms with E-state index in [9.17, 15) is 10.0 Å². The molecular formula is C12H19NO2. The predicted octanol–water partition coefficient (Wildman–Crippen LogP) is 2.50. The van der Waals surface area contributed by atoms with Crippen LogP contribution in [0.15, 0.2) is 11.6 Å². The van der Waals surface area contributed by atoms with Gasteiger partial charge in [-0.15, -0.1) is 0 Å². The van der Waals surface area contributed by atoms with Gasteiger partial charge in [-0.1, -0.05) is 24.8 Å². The molecule has 1 fully saturated rings. The highest BCUT2D eigenvalue weighted by Crippen LogP contribution is 2.33. The minimum absolute atomic E-state index is 0.0304. The summed E-state index contributed by atoms with van der Waals surface area (Å²) in [5.41, 5.74) is 1.10. The third-order valence-corrected chi connectivity index (χ3v) is 3.63. The lowest BCUT2D eigenvalue weighted by molar-refractivity contribution is -0.178. The van der Waals surface area contributed by atoms with E-state index in [1.54, 1.807) is 6.08 Å². The molecule has 0 unspecified atom stereocenters. The van der Waals surface area contributed by atoms with Crippen LogP contribution in [0.25, 0.3) is 0 Å². The van der Waals surface area contributed by atoms with E-state index in [-0.39, 0.29) is 11.9 Å². The molecular weight excluding hydrogens is 190 g/mol. The Labute approximate surface area is 90.7 Å². The van der Waals surface area contributed by atoms with Crippen molar-refractivity contribution < 1.29 is 10.0 Å². The molecule has 1 atom stereocenters. The molecule has 1 aliphatic carbocycles. The second-order valence-corrected chi connectivity index (χ2v) is 4.84. The highest BCUT2D eigenvalue weighted by molar-refractivity contribution is 5.88. The fourth-order valence-corrected chi connectivity index (χ4v) is 2.80. The first-order valence-corrected chi connectivity index (χ1v) is 5.87. The Morgan fingerprint density at radius 3 is 2.67 bits per heavy atom. The van der Waals surface area contributed by atoms with Crippen molar-refractivity contribution in [1.82, 2.24) is 5.06 Å². The van der Waals surface area contributed by atoms with Gasteiger partial charge in [0.05, 0.1) is 6.04 Å². The first-order chi connectivity index (χ1) is 7.18. The maximum absolute atomic E-state index is 11.5. The summed E-state index contributed by atoms with van der Waals surface area (Å²) in [4.78, 5) is 11.5. The number of nitrogens with zero attached hydrogens (tertiary/aromatic N) is 1. The number of amides is 1. The molecule has 1 aliphatic heterocycles. The van der Waals surface area contributed by atoms with Gasteiger partial charge in [0.15, 0.2) is 0 Å². The molecule has 1 saturated carbocycles. The van der Waals surface area contributed by atoms with Crippen molar-refractivity contribution in [3.63, 3.8) is 0 Å². The number of hydrogen-bond acceptors (Lipinski definition) is 2. The van der Waals surface area contributed by atoms with Gasteiger partial charge in [-0.2, -0.15) is 0 Å². The summed E-state index contributed by atoms with van der Waals surface area (Å²) in [6.07, 6.45) is 8.48. The van der Waals surface area contributed by atoms with Gasteiger partial charge in [-0.3, -0.25) is 10.0 Å². The van der Waals surface area contributed by atoms with Crippen LogP contribution in [0.4, 0.5) is 0 Å². The molecule has 0 aromatic carbocycles. The van der Waals surface area contributed by atoms with Crippen molar-refractivity contribution in [3.05, 3.63) is 11.6 Å². The van der Waals surface area contributed by atoms with Crippen LogP contribution in [0.3, 0.4) is 0 Å². The second-order valence-electron chi connectivity index (χ2n) is 4.84. The molecule has 0 bridgehead atoms. The Kier molecular flexibility index (Phi) is 3.10. The number of rotatable bonds is 1. The quantitative estimate of drug-likeness (QED) is 0.674. The molecule has 3 nitrogen and oxygen atoms in total. The number of hydrogen-bond donors (Lipinski definition) is 1. The van der Waals surface area contributed by atoms with E-state index in [4.69, 9.17) is 0 Å². The van der Waals surface area contributed by atoms with Crippen molar-refractivity contribution >= 4 is 5.91 Å². The van der Waals surface area contributed by atoms with Crippen molar-refractivity contribution in [3.8, 4) is 0 Å². The average molecular weight is 209 g/mol.